The summed E-state index contributed by atoms with van der Waals surface area (Å²) in [6.07, 6.45) is 4.96. The summed E-state index contributed by atoms with van der Waals surface area (Å²) in [5.74, 6) is 0.0675. The van der Waals surface area contributed by atoms with Gasteiger partial charge < -0.3 is 5.11 Å². The molecule has 0 aromatic heterocycles. The lowest BCUT2D eigenvalue weighted by Crippen LogP contribution is -2.28. The summed E-state index contributed by atoms with van der Waals surface area (Å²) in [5.41, 5.74) is 0.192. The Kier molecular flexibility index (Phi) is 6.58. The molecular weight excluding hydrogens is 200 g/mol. The summed E-state index contributed by atoms with van der Waals surface area (Å²) in [4.78, 5) is 12.1. The van der Waals surface area contributed by atoms with Gasteiger partial charge in [-0.15, -0.1) is 0 Å². The van der Waals surface area contributed by atoms with E-state index in [-0.39, 0.29) is 5.78 Å². The molecule has 0 saturated heterocycles. The molecule has 1 N–H and O–H groups in total. The van der Waals surface area contributed by atoms with E-state index in [1.807, 2.05) is 33.8 Å². The molecule has 0 aliphatic rings. The molecular formula is C14H26O2. The fourth-order valence-corrected chi connectivity index (χ4v) is 1.49. The minimum absolute atomic E-state index is 0.0675. The van der Waals surface area contributed by atoms with Gasteiger partial charge in [0.05, 0.1) is 6.10 Å². The molecule has 94 valence electrons. The van der Waals surface area contributed by atoms with E-state index in [9.17, 15) is 9.90 Å². The molecule has 2 nitrogen and oxygen atoms in total. The SMILES string of the molecule is CCCC/C=C(\C(=O)C(C)(C)C)C(O)CC. The van der Waals surface area contributed by atoms with Gasteiger partial charge in [-0.05, 0) is 12.8 Å². The van der Waals surface area contributed by atoms with Gasteiger partial charge in [-0.25, -0.2) is 0 Å². The standard InChI is InChI=1S/C14H26O2/c1-6-8-9-10-11(12(15)7-2)13(16)14(3,4)5/h10,12,15H,6-9H2,1-5H3/b11-10-. The number of unbranched alkanes of at least 4 members (excludes halogenated alkanes) is 2. The lowest BCUT2D eigenvalue weighted by Gasteiger charge is -2.22. The first-order chi connectivity index (χ1) is 7.34. The maximum Gasteiger partial charge on any atom is 0.166 e. The zero-order valence-electron chi connectivity index (χ0n) is 11.3. The Hall–Kier alpha value is -0.630. The Morgan fingerprint density at radius 3 is 2.25 bits per heavy atom. The smallest absolute Gasteiger partial charge is 0.166 e. The summed E-state index contributed by atoms with van der Waals surface area (Å²) in [5, 5.41) is 9.86. The third-order valence-corrected chi connectivity index (χ3v) is 2.61. The van der Waals surface area contributed by atoms with E-state index in [4.69, 9.17) is 0 Å². The van der Waals surface area contributed by atoms with E-state index >= 15 is 0 Å². The van der Waals surface area contributed by atoms with Gasteiger partial charge in [0.2, 0.25) is 0 Å². The van der Waals surface area contributed by atoms with E-state index in [1.54, 1.807) is 0 Å². The number of carbonyl (C=O) groups is 1. The Morgan fingerprint density at radius 1 is 1.31 bits per heavy atom. The fraction of sp³-hybridized carbons (Fsp3) is 0.786. The molecule has 0 heterocycles. The predicted octanol–water partition coefficient (Wildman–Crippen LogP) is 3.49. The van der Waals surface area contributed by atoms with Crippen LogP contribution in [0.15, 0.2) is 11.6 Å². The van der Waals surface area contributed by atoms with Crippen LogP contribution in [0.5, 0.6) is 0 Å². The Morgan fingerprint density at radius 2 is 1.88 bits per heavy atom. The second kappa shape index (κ2) is 6.85. The highest BCUT2D eigenvalue weighted by molar-refractivity contribution is 5.99. The number of rotatable bonds is 6. The quantitative estimate of drug-likeness (QED) is 0.556. The van der Waals surface area contributed by atoms with Gasteiger partial charge >= 0.3 is 0 Å². The molecule has 2 heteroatoms. The van der Waals surface area contributed by atoms with Crippen LogP contribution in [-0.2, 0) is 4.79 Å². The number of ketones is 1. The molecule has 1 atom stereocenters. The van der Waals surface area contributed by atoms with Crippen molar-refractivity contribution in [3.05, 3.63) is 11.6 Å². The first-order valence-corrected chi connectivity index (χ1v) is 6.27. The molecule has 0 spiro atoms. The van der Waals surface area contributed by atoms with Crippen LogP contribution < -0.4 is 0 Å². The highest BCUT2D eigenvalue weighted by Crippen LogP contribution is 2.23. The van der Waals surface area contributed by atoms with Crippen molar-refractivity contribution in [2.75, 3.05) is 0 Å². The molecule has 16 heavy (non-hydrogen) atoms. The predicted molar refractivity (Wildman–Crippen MR) is 68.4 cm³/mol. The lowest BCUT2D eigenvalue weighted by molar-refractivity contribution is -0.123. The van der Waals surface area contributed by atoms with Gasteiger partial charge in [-0.3, -0.25) is 4.79 Å². The number of hydrogen-bond donors (Lipinski definition) is 1. The normalized spacial score (nSPS) is 15.0. The van der Waals surface area contributed by atoms with Crippen molar-refractivity contribution in [3.8, 4) is 0 Å². The second-order valence-electron chi connectivity index (χ2n) is 5.30. The van der Waals surface area contributed by atoms with Crippen LogP contribution in [0.1, 0.15) is 60.3 Å². The van der Waals surface area contributed by atoms with Crippen LogP contribution >= 0.6 is 0 Å². The fourth-order valence-electron chi connectivity index (χ4n) is 1.49. The number of Topliss-reactive ketones (excluding diaryl/α,β-unsaturated/α-hetero) is 1. The minimum atomic E-state index is -0.608. The van der Waals surface area contributed by atoms with Crippen molar-refractivity contribution < 1.29 is 9.90 Å². The highest BCUT2D eigenvalue weighted by Gasteiger charge is 2.27. The van der Waals surface area contributed by atoms with E-state index in [0.717, 1.165) is 19.3 Å². The van der Waals surface area contributed by atoms with Crippen molar-refractivity contribution in [3.63, 3.8) is 0 Å². The van der Waals surface area contributed by atoms with Crippen molar-refractivity contribution in [2.45, 2.75) is 66.4 Å². The monoisotopic (exact) mass is 226 g/mol. The van der Waals surface area contributed by atoms with Gasteiger partial charge in [0.15, 0.2) is 5.78 Å². The molecule has 1 unspecified atom stereocenters. The number of aliphatic hydroxyl groups is 1. The molecule has 0 aliphatic heterocycles. The average Bonchev–Trinajstić information content (AvgIpc) is 2.21. The molecule has 0 bridgehead atoms. The summed E-state index contributed by atoms with van der Waals surface area (Å²) >= 11 is 0. The molecule has 0 fully saturated rings. The van der Waals surface area contributed by atoms with Crippen LogP contribution in [0.25, 0.3) is 0 Å². The number of hydrogen-bond acceptors (Lipinski definition) is 2. The van der Waals surface area contributed by atoms with Gasteiger partial charge in [0.25, 0.3) is 0 Å². The summed E-state index contributed by atoms with van der Waals surface area (Å²) in [6, 6.07) is 0. The minimum Gasteiger partial charge on any atom is -0.388 e. The van der Waals surface area contributed by atoms with Crippen molar-refractivity contribution in [1.82, 2.24) is 0 Å². The van der Waals surface area contributed by atoms with Gasteiger partial charge in [0.1, 0.15) is 0 Å². The van der Waals surface area contributed by atoms with E-state index < -0.39 is 11.5 Å². The van der Waals surface area contributed by atoms with E-state index in [0.29, 0.717) is 12.0 Å². The average molecular weight is 226 g/mol. The third-order valence-electron chi connectivity index (χ3n) is 2.61. The summed E-state index contributed by atoms with van der Waals surface area (Å²) in [7, 11) is 0. The molecule has 0 aromatic carbocycles. The van der Waals surface area contributed by atoms with Crippen LogP contribution in [0.4, 0.5) is 0 Å². The summed E-state index contributed by atoms with van der Waals surface area (Å²) < 4.78 is 0. The van der Waals surface area contributed by atoms with Crippen molar-refractivity contribution >= 4 is 5.78 Å². The van der Waals surface area contributed by atoms with E-state index in [1.165, 1.54) is 0 Å². The summed E-state index contributed by atoms with van der Waals surface area (Å²) in [6.45, 7) is 9.70. The maximum absolute atomic E-state index is 12.1. The zero-order valence-corrected chi connectivity index (χ0v) is 11.3. The zero-order chi connectivity index (χ0) is 12.8. The molecule has 0 saturated carbocycles. The Labute approximate surface area is 99.7 Å². The third kappa shape index (κ3) is 4.93. The van der Waals surface area contributed by atoms with Gasteiger partial charge in [-0.2, -0.15) is 0 Å². The second-order valence-corrected chi connectivity index (χ2v) is 5.30. The van der Waals surface area contributed by atoms with Gasteiger partial charge in [-0.1, -0.05) is 53.5 Å². The largest absolute Gasteiger partial charge is 0.388 e. The molecule has 0 amide bonds. The molecule has 0 aromatic rings. The van der Waals surface area contributed by atoms with Gasteiger partial charge in [0, 0.05) is 11.0 Å². The molecule has 0 rings (SSSR count). The lowest BCUT2D eigenvalue weighted by atomic mass is 9.83. The van der Waals surface area contributed by atoms with Crippen molar-refractivity contribution in [2.24, 2.45) is 5.41 Å². The van der Waals surface area contributed by atoms with Crippen LogP contribution in [-0.4, -0.2) is 17.0 Å². The number of aliphatic hydroxyl groups excluding tert-OH is 1. The Balaban J connectivity index is 4.81. The highest BCUT2D eigenvalue weighted by atomic mass is 16.3. The Bertz CT molecular complexity index is 246. The van der Waals surface area contributed by atoms with E-state index in [2.05, 4.69) is 6.92 Å². The first-order valence-electron chi connectivity index (χ1n) is 6.27. The van der Waals surface area contributed by atoms with Crippen LogP contribution in [0.2, 0.25) is 0 Å². The van der Waals surface area contributed by atoms with Crippen molar-refractivity contribution in [1.29, 1.82) is 0 Å². The topological polar surface area (TPSA) is 37.3 Å². The first kappa shape index (κ1) is 15.4. The number of allylic oxidation sites excluding steroid dienone is 1. The van der Waals surface area contributed by atoms with Crippen LogP contribution in [0.3, 0.4) is 0 Å². The van der Waals surface area contributed by atoms with Crippen LogP contribution in [0, 0.1) is 5.41 Å². The maximum atomic E-state index is 12.1. The molecule has 0 aliphatic carbocycles. The number of carbonyl (C=O) groups excluding carboxylic acids is 1. The molecule has 0 radical (unpaired) electrons.